The predicted octanol–water partition coefficient (Wildman–Crippen LogP) is 5.28. The third kappa shape index (κ3) is 7.65. The first-order chi connectivity index (χ1) is 16.6. The van der Waals surface area contributed by atoms with Crippen LogP contribution in [-0.2, 0) is 9.59 Å². The summed E-state index contributed by atoms with van der Waals surface area (Å²) in [5.74, 6) is 0.527. The van der Waals surface area contributed by atoms with Crippen LogP contribution in [0.2, 0.25) is 0 Å². The molecule has 3 rings (SSSR count). The van der Waals surface area contributed by atoms with Crippen molar-refractivity contribution in [1.29, 1.82) is 0 Å². The third-order valence-corrected chi connectivity index (χ3v) is 6.47. The Kier molecular flexibility index (Phi) is 9.47. The van der Waals surface area contributed by atoms with E-state index in [2.05, 4.69) is 61.9 Å². The zero-order valence-corrected chi connectivity index (χ0v) is 23.4. The van der Waals surface area contributed by atoms with Crippen molar-refractivity contribution in [2.75, 3.05) is 13.2 Å². The van der Waals surface area contributed by atoms with Crippen LogP contribution >= 0.6 is 44.1 Å². The van der Waals surface area contributed by atoms with Gasteiger partial charge in [0.2, 0.25) is 0 Å². The molecule has 0 saturated heterocycles. The summed E-state index contributed by atoms with van der Waals surface area (Å²) in [6.07, 6.45) is 0. The number of halogens is 2. The third-order valence-electron chi connectivity index (χ3n) is 4.96. The molecule has 3 N–H and O–H groups in total. The Morgan fingerprint density at radius 2 is 1.63 bits per heavy atom. The van der Waals surface area contributed by atoms with Gasteiger partial charge in [-0.05, 0) is 87.2 Å². The maximum Gasteiger partial charge on any atom is 0.276 e. The van der Waals surface area contributed by atoms with E-state index in [1.54, 1.807) is 6.07 Å². The lowest BCUT2D eigenvalue weighted by molar-refractivity contribution is -0.124. The summed E-state index contributed by atoms with van der Waals surface area (Å²) < 4.78 is 13.0. The Morgan fingerprint density at radius 3 is 2.37 bits per heavy atom. The summed E-state index contributed by atoms with van der Waals surface area (Å²) >= 11 is 12.0. The van der Waals surface area contributed by atoms with Crippen LogP contribution in [0.4, 0.5) is 0 Å². The number of hydrogen-bond donors (Lipinski definition) is 3. The molecule has 10 heteroatoms. The summed E-state index contributed by atoms with van der Waals surface area (Å²) in [5, 5.41) is 4.37. The van der Waals surface area contributed by atoms with Gasteiger partial charge in [0, 0.05) is 4.47 Å². The number of hydrogen-bond acceptors (Lipinski definition) is 5. The molecule has 3 aromatic rings. The number of carbonyl (C=O) groups is 2. The van der Waals surface area contributed by atoms with Crippen LogP contribution in [0.25, 0.3) is 10.8 Å². The zero-order valence-electron chi connectivity index (χ0n) is 19.4. The van der Waals surface area contributed by atoms with Crippen molar-refractivity contribution in [3.63, 3.8) is 0 Å². The van der Waals surface area contributed by atoms with Gasteiger partial charge in [0.25, 0.3) is 11.8 Å². The van der Waals surface area contributed by atoms with E-state index in [1.807, 2.05) is 49.4 Å². The molecular weight excluding hydrogens is 598 g/mol. The van der Waals surface area contributed by atoms with Crippen LogP contribution in [0.1, 0.15) is 30.9 Å². The Morgan fingerprint density at radius 1 is 0.914 bits per heavy atom. The molecular formula is C25H25Br2N3O4S. The standard InChI is InChI=1S/C25H25Br2N3O4S/c1-14(2)18-7-4-15(3)10-21(18)34-13-23(32)29-30-25(35)28-22(31)12-33-20-9-5-16-11-17(26)6-8-19(16)24(20)27/h4-11,14H,12-13H2,1-3H3,(H,29,32)(H2,28,30,31,35). The number of hydrazine groups is 1. The zero-order chi connectivity index (χ0) is 25.5. The van der Waals surface area contributed by atoms with Crippen molar-refractivity contribution >= 4 is 71.8 Å². The van der Waals surface area contributed by atoms with E-state index >= 15 is 0 Å². The molecule has 2 amide bonds. The molecule has 0 saturated carbocycles. The van der Waals surface area contributed by atoms with Crippen molar-refractivity contribution in [2.45, 2.75) is 26.7 Å². The van der Waals surface area contributed by atoms with Gasteiger partial charge in [-0.25, -0.2) is 0 Å². The van der Waals surface area contributed by atoms with Gasteiger partial charge in [0.1, 0.15) is 11.5 Å². The molecule has 0 bridgehead atoms. The van der Waals surface area contributed by atoms with Crippen molar-refractivity contribution in [3.05, 3.63) is 68.6 Å². The average molecular weight is 623 g/mol. The fourth-order valence-corrected chi connectivity index (χ4v) is 4.39. The highest BCUT2D eigenvalue weighted by Gasteiger charge is 2.12. The number of aryl methyl sites for hydroxylation is 1. The van der Waals surface area contributed by atoms with Crippen molar-refractivity contribution in [3.8, 4) is 11.5 Å². The van der Waals surface area contributed by atoms with Gasteiger partial charge in [-0.1, -0.05) is 54.0 Å². The number of rotatable bonds is 7. The predicted molar refractivity (Wildman–Crippen MR) is 148 cm³/mol. The molecule has 3 aromatic carbocycles. The lowest BCUT2D eigenvalue weighted by atomic mass is 10.0. The maximum atomic E-state index is 12.2. The van der Waals surface area contributed by atoms with Crippen LogP contribution in [0.5, 0.6) is 11.5 Å². The van der Waals surface area contributed by atoms with E-state index in [4.69, 9.17) is 21.7 Å². The van der Waals surface area contributed by atoms with E-state index in [0.29, 0.717) is 11.5 Å². The highest BCUT2D eigenvalue weighted by Crippen LogP contribution is 2.34. The molecule has 184 valence electrons. The lowest BCUT2D eigenvalue weighted by Crippen LogP contribution is -2.50. The Balaban J connectivity index is 1.44. The molecule has 0 fully saturated rings. The molecule has 0 heterocycles. The minimum absolute atomic E-state index is 0.0622. The second-order valence-electron chi connectivity index (χ2n) is 8.07. The minimum atomic E-state index is -0.475. The van der Waals surface area contributed by atoms with Crippen molar-refractivity contribution in [2.24, 2.45) is 0 Å². The summed E-state index contributed by atoms with van der Waals surface area (Å²) in [6.45, 7) is 5.61. The molecule has 0 aliphatic carbocycles. The van der Waals surface area contributed by atoms with E-state index < -0.39 is 11.8 Å². The highest BCUT2D eigenvalue weighted by atomic mass is 79.9. The topological polar surface area (TPSA) is 88.7 Å². The molecule has 0 radical (unpaired) electrons. The maximum absolute atomic E-state index is 12.2. The van der Waals surface area contributed by atoms with Gasteiger partial charge in [-0.2, -0.15) is 0 Å². The molecule has 7 nitrogen and oxygen atoms in total. The highest BCUT2D eigenvalue weighted by molar-refractivity contribution is 9.11. The summed E-state index contributed by atoms with van der Waals surface area (Å²) in [6, 6.07) is 15.4. The van der Waals surface area contributed by atoms with E-state index in [1.165, 1.54) is 0 Å². The number of amides is 2. The number of ether oxygens (including phenoxy) is 2. The summed E-state index contributed by atoms with van der Waals surface area (Å²) in [4.78, 5) is 24.4. The molecule has 0 aliphatic rings. The number of nitrogens with one attached hydrogen (secondary N) is 3. The molecule has 0 unspecified atom stereocenters. The second kappa shape index (κ2) is 12.3. The number of fused-ring (bicyclic) bond motifs is 1. The Hall–Kier alpha value is -2.69. The van der Waals surface area contributed by atoms with Crippen molar-refractivity contribution in [1.82, 2.24) is 16.2 Å². The monoisotopic (exact) mass is 621 g/mol. The number of thiocarbonyl (C=S) groups is 1. The van der Waals surface area contributed by atoms with Gasteiger partial charge in [0.15, 0.2) is 18.3 Å². The van der Waals surface area contributed by atoms with Gasteiger partial charge in [0.05, 0.1) is 4.47 Å². The van der Waals surface area contributed by atoms with Crippen LogP contribution in [0, 0.1) is 6.92 Å². The first-order valence-electron chi connectivity index (χ1n) is 10.8. The fraction of sp³-hybridized carbons (Fsp3) is 0.240. The molecule has 0 atom stereocenters. The summed E-state index contributed by atoms with van der Waals surface area (Å²) in [5.41, 5.74) is 6.95. The quantitative estimate of drug-likeness (QED) is 0.246. The van der Waals surface area contributed by atoms with E-state index in [9.17, 15) is 9.59 Å². The lowest BCUT2D eigenvalue weighted by Gasteiger charge is -2.15. The number of carbonyl (C=O) groups excluding carboxylic acids is 2. The van der Waals surface area contributed by atoms with Crippen LogP contribution in [0.3, 0.4) is 0 Å². The van der Waals surface area contributed by atoms with Crippen LogP contribution in [0.15, 0.2) is 57.5 Å². The van der Waals surface area contributed by atoms with Crippen LogP contribution < -0.4 is 25.6 Å². The normalized spacial score (nSPS) is 10.7. The summed E-state index contributed by atoms with van der Waals surface area (Å²) in [7, 11) is 0. The minimum Gasteiger partial charge on any atom is -0.483 e. The Bertz CT molecular complexity index is 1270. The molecule has 0 aliphatic heterocycles. The average Bonchev–Trinajstić information content (AvgIpc) is 2.80. The van der Waals surface area contributed by atoms with Crippen LogP contribution in [-0.4, -0.2) is 30.1 Å². The van der Waals surface area contributed by atoms with E-state index in [-0.39, 0.29) is 24.2 Å². The largest absolute Gasteiger partial charge is 0.483 e. The Labute approximate surface area is 226 Å². The van der Waals surface area contributed by atoms with Crippen molar-refractivity contribution < 1.29 is 19.1 Å². The van der Waals surface area contributed by atoms with Gasteiger partial charge in [-0.3, -0.25) is 25.8 Å². The molecule has 0 aromatic heterocycles. The van der Waals surface area contributed by atoms with Gasteiger partial charge in [-0.15, -0.1) is 0 Å². The molecule has 0 spiro atoms. The SMILES string of the molecule is Cc1ccc(C(C)C)c(OCC(=O)NNC(=S)NC(=O)COc2ccc3cc(Br)ccc3c2Br)c1. The first-order valence-corrected chi connectivity index (χ1v) is 12.8. The fourth-order valence-electron chi connectivity index (χ4n) is 3.24. The number of benzene rings is 3. The van der Waals surface area contributed by atoms with E-state index in [0.717, 1.165) is 30.8 Å². The molecule has 35 heavy (non-hydrogen) atoms. The smallest absolute Gasteiger partial charge is 0.276 e. The first kappa shape index (κ1) is 26.9. The second-order valence-corrected chi connectivity index (χ2v) is 10.2. The van der Waals surface area contributed by atoms with Gasteiger partial charge >= 0.3 is 0 Å². The van der Waals surface area contributed by atoms with Gasteiger partial charge < -0.3 is 9.47 Å².